The minimum Gasteiger partial charge on any atom is -0.467 e. The Morgan fingerprint density at radius 3 is 3.22 bits per heavy atom. The summed E-state index contributed by atoms with van der Waals surface area (Å²) in [5.41, 5.74) is 0. The number of carbonyl (C=O) groups excluding carboxylic acids is 1. The number of nitrogens with zero attached hydrogens (tertiary/aromatic N) is 1. The molecule has 5 nitrogen and oxygen atoms in total. The molecule has 2 rings (SSSR count). The minimum absolute atomic E-state index is 0.0632. The number of amides is 1. The lowest BCUT2D eigenvalue weighted by molar-refractivity contribution is -0.126. The van der Waals surface area contributed by atoms with E-state index in [1.54, 1.807) is 6.26 Å². The first-order valence-electron chi connectivity index (χ1n) is 6.52. The molecule has 1 aromatic rings. The molecular weight excluding hydrogens is 230 g/mol. The van der Waals surface area contributed by atoms with Crippen molar-refractivity contribution in [2.75, 3.05) is 26.2 Å². The van der Waals surface area contributed by atoms with E-state index in [1.165, 1.54) is 0 Å². The maximum Gasteiger partial charge on any atom is 0.237 e. The number of nitrogens with one attached hydrogen (secondary N) is 2. The maximum absolute atomic E-state index is 12.0. The number of furan rings is 1. The van der Waals surface area contributed by atoms with Crippen molar-refractivity contribution in [2.45, 2.75) is 25.9 Å². The zero-order valence-corrected chi connectivity index (χ0v) is 10.8. The van der Waals surface area contributed by atoms with Crippen LogP contribution in [0.3, 0.4) is 0 Å². The van der Waals surface area contributed by atoms with Gasteiger partial charge in [0.05, 0.1) is 18.8 Å². The van der Waals surface area contributed by atoms with Crippen LogP contribution in [0.15, 0.2) is 22.8 Å². The average Bonchev–Trinajstić information content (AvgIpc) is 2.75. The normalized spacial score (nSPS) is 19.2. The van der Waals surface area contributed by atoms with Crippen molar-refractivity contribution in [1.82, 2.24) is 15.5 Å². The Hall–Kier alpha value is -1.33. The van der Waals surface area contributed by atoms with Crippen LogP contribution in [0.5, 0.6) is 0 Å². The molecule has 0 spiro atoms. The summed E-state index contributed by atoms with van der Waals surface area (Å²) >= 11 is 0. The van der Waals surface area contributed by atoms with Gasteiger partial charge in [-0.2, -0.15) is 0 Å². The summed E-state index contributed by atoms with van der Waals surface area (Å²) in [7, 11) is 0. The molecule has 2 N–H and O–H groups in total. The molecule has 1 aliphatic rings. The molecule has 1 fully saturated rings. The second kappa shape index (κ2) is 6.56. The van der Waals surface area contributed by atoms with Crippen molar-refractivity contribution in [2.24, 2.45) is 0 Å². The Bertz CT molecular complexity index is 356. The van der Waals surface area contributed by atoms with Gasteiger partial charge in [0.2, 0.25) is 5.91 Å². The summed E-state index contributed by atoms with van der Waals surface area (Å²) in [6.07, 6.45) is 2.71. The van der Waals surface area contributed by atoms with Gasteiger partial charge in [-0.15, -0.1) is 0 Å². The zero-order chi connectivity index (χ0) is 12.8. The highest BCUT2D eigenvalue weighted by atomic mass is 16.3. The van der Waals surface area contributed by atoms with Crippen LogP contribution < -0.4 is 10.6 Å². The molecule has 1 aromatic heterocycles. The van der Waals surface area contributed by atoms with Gasteiger partial charge in [0.25, 0.3) is 0 Å². The third-order valence-corrected chi connectivity index (χ3v) is 3.32. The Morgan fingerprint density at radius 1 is 1.56 bits per heavy atom. The summed E-state index contributed by atoms with van der Waals surface area (Å²) in [6.45, 7) is 6.32. The van der Waals surface area contributed by atoms with Crippen molar-refractivity contribution < 1.29 is 9.21 Å². The monoisotopic (exact) mass is 251 g/mol. The molecule has 0 bridgehead atoms. The Kier molecular flexibility index (Phi) is 4.78. The van der Waals surface area contributed by atoms with E-state index in [0.29, 0.717) is 6.54 Å². The van der Waals surface area contributed by atoms with Gasteiger partial charge in [0.15, 0.2) is 0 Å². The smallest absolute Gasteiger partial charge is 0.237 e. The lowest BCUT2D eigenvalue weighted by Crippen LogP contribution is -2.46. The standard InChI is InChI=1S/C13H21N3O2/c1-11(16-7-3-5-14-6-8-16)13(17)15-10-12-4-2-9-18-12/h2,4,9,11,14H,3,5-8,10H2,1H3,(H,15,17). The largest absolute Gasteiger partial charge is 0.467 e. The van der Waals surface area contributed by atoms with Crippen LogP contribution in [0.25, 0.3) is 0 Å². The lowest BCUT2D eigenvalue weighted by Gasteiger charge is -2.26. The zero-order valence-electron chi connectivity index (χ0n) is 10.8. The van der Waals surface area contributed by atoms with Crippen molar-refractivity contribution in [3.63, 3.8) is 0 Å². The molecule has 5 heteroatoms. The van der Waals surface area contributed by atoms with E-state index in [9.17, 15) is 4.79 Å². The molecular formula is C13H21N3O2. The highest BCUT2D eigenvalue weighted by Crippen LogP contribution is 2.04. The molecule has 0 radical (unpaired) electrons. The number of hydrogen-bond acceptors (Lipinski definition) is 4. The van der Waals surface area contributed by atoms with Gasteiger partial charge in [0, 0.05) is 19.6 Å². The summed E-state index contributed by atoms with van der Waals surface area (Å²) in [4.78, 5) is 14.3. The summed E-state index contributed by atoms with van der Waals surface area (Å²) < 4.78 is 5.19. The van der Waals surface area contributed by atoms with Gasteiger partial charge in [0.1, 0.15) is 5.76 Å². The van der Waals surface area contributed by atoms with Crippen molar-refractivity contribution in [1.29, 1.82) is 0 Å². The van der Waals surface area contributed by atoms with E-state index >= 15 is 0 Å². The van der Waals surface area contributed by atoms with Gasteiger partial charge in [-0.3, -0.25) is 9.69 Å². The van der Waals surface area contributed by atoms with Crippen molar-refractivity contribution in [3.8, 4) is 0 Å². The van der Waals surface area contributed by atoms with Gasteiger partial charge >= 0.3 is 0 Å². The number of hydrogen-bond donors (Lipinski definition) is 2. The van der Waals surface area contributed by atoms with E-state index < -0.39 is 0 Å². The van der Waals surface area contributed by atoms with Crippen LogP contribution in [0.2, 0.25) is 0 Å². The van der Waals surface area contributed by atoms with Crippen LogP contribution in [0.1, 0.15) is 19.1 Å². The molecule has 2 heterocycles. The molecule has 1 unspecified atom stereocenters. The average molecular weight is 251 g/mol. The molecule has 1 amide bonds. The lowest BCUT2D eigenvalue weighted by atomic mass is 10.2. The summed E-state index contributed by atoms with van der Waals surface area (Å²) in [5.74, 6) is 0.849. The Morgan fingerprint density at radius 2 is 2.44 bits per heavy atom. The van der Waals surface area contributed by atoms with Crippen LogP contribution in [0.4, 0.5) is 0 Å². The Balaban J connectivity index is 1.79. The first-order valence-corrected chi connectivity index (χ1v) is 6.52. The van der Waals surface area contributed by atoms with E-state index in [2.05, 4.69) is 15.5 Å². The van der Waals surface area contributed by atoms with Crippen molar-refractivity contribution in [3.05, 3.63) is 24.2 Å². The highest BCUT2D eigenvalue weighted by molar-refractivity contribution is 5.81. The fourth-order valence-corrected chi connectivity index (χ4v) is 2.15. The second-order valence-corrected chi connectivity index (χ2v) is 4.61. The van der Waals surface area contributed by atoms with Gasteiger partial charge in [-0.05, 0) is 32.0 Å². The quantitative estimate of drug-likeness (QED) is 0.822. The summed E-state index contributed by atoms with van der Waals surface area (Å²) in [6, 6.07) is 3.60. The van der Waals surface area contributed by atoms with Crippen LogP contribution in [0, 0.1) is 0 Å². The molecule has 0 aromatic carbocycles. The second-order valence-electron chi connectivity index (χ2n) is 4.61. The minimum atomic E-state index is -0.0835. The van der Waals surface area contributed by atoms with Crippen molar-refractivity contribution >= 4 is 5.91 Å². The number of carbonyl (C=O) groups is 1. The molecule has 1 aliphatic heterocycles. The molecule has 18 heavy (non-hydrogen) atoms. The fraction of sp³-hybridized carbons (Fsp3) is 0.615. The maximum atomic E-state index is 12.0. The van der Waals surface area contributed by atoms with E-state index in [-0.39, 0.29) is 11.9 Å². The first-order chi connectivity index (χ1) is 8.77. The third-order valence-electron chi connectivity index (χ3n) is 3.32. The van der Waals surface area contributed by atoms with Gasteiger partial charge < -0.3 is 15.1 Å². The molecule has 100 valence electrons. The highest BCUT2D eigenvalue weighted by Gasteiger charge is 2.21. The van der Waals surface area contributed by atoms with E-state index in [0.717, 1.165) is 38.4 Å². The predicted octanol–water partition coefficient (Wildman–Crippen LogP) is 0.580. The van der Waals surface area contributed by atoms with Gasteiger partial charge in [-0.1, -0.05) is 0 Å². The van der Waals surface area contributed by atoms with E-state index in [1.807, 2.05) is 19.1 Å². The molecule has 0 aliphatic carbocycles. The molecule has 1 saturated heterocycles. The third kappa shape index (κ3) is 3.58. The first kappa shape index (κ1) is 13.1. The van der Waals surface area contributed by atoms with Crippen LogP contribution in [-0.4, -0.2) is 43.0 Å². The molecule has 0 saturated carbocycles. The summed E-state index contributed by atoms with van der Waals surface area (Å²) in [5, 5.41) is 6.24. The SMILES string of the molecule is CC(C(=O)NCc1ccco1)N1CCCNCC1. The van der Waals surface area contributed by atoms with Gasteiger partial charge in [-0.25, -0.2) is 0 Å². The predicted molar refractivity (Wildman–Crippen MR) is 69.1 cm³/mol. The molecule has 1 atom stereocenters. The number of rotatable bonds is 4. The topological polar surface area (TPSA) is 57.5 Å². The Labute approximate surface area is 108 Å². The fourth-order valence-electron chi connectivity index (χ4n) is 2.15. The van der Waals surface area contributed by atoms with Crippen LogP contribution >= 0.6 is 0 Å². The van der Waals surface area contributed by atoms with Crippen LogP contribution in [-0.2, 0) is 11.3 Å². The van der Waals surface area contributed by atoms with E-state index in [4.69, 9.17) is 4.42 Å².